The molecule has 1 aromatic carbocycles. The zero-order valence-electron chi connectivity index (χ0n) is 23.8. The van der Waals surface area contributed by atoms with Crippen molar-refractivity contribution in [3.8, 4) is 5.75 Å². The number of amides is 2. The van der Waals surface area contributed by atoms with Crippen molar-refractivity contribution in [2.45, 2.75) is 50.5 Å². The molecule has 1 fully saturated rings. The van der Waals surface area contributed by atoms with Crippen molar-refractivity contribution in [1.82, 2.24) is 25.1 Å². The van der Waals surface area contributed by atoms with Gasteiger partial charge in [-0.25, -0.2) is 14.6 Å². The second kappa shape index (κ2) is 17.4. The first kappa shape index (κ1) is 35.4. The lowest BCUT2D eigenvalue weighted by atomic mass is 10.1. The average molecular weight is 632 g/mol. The van der Waals surface area contributed by atoms with Gasteiger partial charge in [0.15, 0.2) is 0 Å². The number of likely N-dealkylation sites (tertiary alicyclic amines) is 1. The summed E-state index contributed by atoms with van der Waals surface area (Å²) in [6.45, 7) is 1.67. The van der Waals surface area contributed by atoms with Crippen LogP contribution in [0.2, 0.25) is 0 Å². The Hall–Kier alpha value is -3.79. The van der Waals surface area contributed by atoms with Crippen molar-refractivity contribution in [3.63, 3.8) is 0 Å². The second-order valence-electron chi connectivity index (χ2n) is 9.70. The van der Waals surface area contributed by atoms with Gasteiger partial charge >= 0.3 is 18.1 Å². The quantitative estimate of drug-likeness (QED) is 0.243. The van der Waals surface area contributed by atoms with Gasteiger partial charge in [0.05, 0.1) is 26.4 Å². The summed E-state index contributed by atoms with van der Waals surface area (Å²) in [6.07, 6.45) is 2.38. The van der Waals surface area contributed by atoms with Gasteiger partial charge in [-0.1, -0.05) is 12.1 Å². The van der Waals surface area contributed by atoms with E-state index < -0.39 is 24.2 Å². The highest BCUT2D eigenvalue weighted by Gasteiger charge is 2.38. The molecule has 0 spiro atoms. The van der Waals surface area contributed by atoms with Crippen LogP contribution in [0.3, 0.4) is 0 Å². The van der Waals surface area contributed by atoms with Crippen LogP contribution in [0.15, 0.2) is 36.8 Å². The molecular weight excluding hydrogens is 595 g/mol. The summed E-state index contributed by atoms with van der Waals surface area (Å²) in [4.78, 5) is 57.2. The Balaban J connectivity index is 0.000000821. The molecule has 2 heterocycles. The zero-order valence-corrected chi connectivity index (χ0v) is 24.6. The number of carbonyl (C=O) groups is 4. The highest BCUT2D eigenvalue weighted by atomic mass is 32.2. The van der Waals surface area contributed by atoms with Crippen LogP contribution in [0.1, 0.15) is 30.5 Å². The lowest BCUT2D eigenvalue weighted by Crippen LogP contribution is -2.49. The summed E-state index contributed by atoms with van der Waals surface area (Å²) in [7, 11) is 1.60. The number of hydrogen-bond acceptors (Lipinski definition) is 8. The maximum absolute atomic E-state index is 13.0. The first-order valence-corrected chi connectivity index (χ1v) is 14.7. The van der Waals surface area contributed by atoms with E-state index in [-0.39, 0.29) is 30.8 Å². The van der Waals surface area contributed by atoms with Gasteiger partial charge in [0.2, 0.25) is 11.8 Å². The largest absolute Gasteiger partial charge is 0.497 e. The Morgan fingerprint density at radius 2 is 2.00 bits per heavy atom. The fourth-order valence-corrected chi connectivity index (χ4v) is 4.92. The number of nitrogens with zero attached hydrogens (tertiary/aromatic N) is 3. The molecule has 1 aromatic heterocycles. The predicted molar refractivity (Wildman–Crippen MR) is 152 cm³/mol. The number of aliphatic carboxylic acids is 2. The molecule has 1 aliphatic heterocycles. The van der Waals surface area contributed by atoms with Gasteiger partial charge in [-0.05, 0) is 49.0 Å². The Kier molecular flexibility index (Phi) is 14.3. The summed E-state index contributed by atoms with van der Waals surface area (Å²) in [5, 5.41) is 19.3. The lowest BCUT2D eigenvalue weighted by Gasteiger charge is -2.31. The van der Waals surface area contributed by atoms with Gasteiger partial charge in [0.25, 0.3) is 0 Å². The monoisotopic (exact) mass is 631 g/mol. The Morgan fingerprint density at radius 1 is 1.28 bits per heavy atom. The fraction of sp³-hybridized carbons (Fsp3) is 0.519. The van der Waals surface area contributed by atoms with Crippen LogP contribution in [-0.4, -0.2) is 111 Å². The number of thioether (sulfide) groups is 1. The topological polar surface area (TPSA) is 165 Å². The second-order valence-corrected chi connectivity index (χ2v) is 10.7. The number of carboxylic acid groups (broad SMARTS) is 2. The molecule has 0 radical (unpaired) electrons. The number of halogens is 3. The minimum absolute atomic E-state index is 0.0236. The predicted octanol–water partition coefficient (Wildman–Crippen LogP) is 2.41. The third-order valence-electron chi connectivity index (χ3n) is 6.46. The summed E-state index contributed by atoms with van der Waals surface area (Å²) in [5.41, 5.74) is 1.73. The summed E-state index contributed by atoms with van der Waals surface area (Å²) < 4.78 is 37.1. The number of aromatic amines is 1. The van der Waals surface area contributed by atoms with Gasteiger partial charge in [0.1, 0.15) is 11.8 Å². The van der Waals surface area contributed by atoms with Crippen molar-refractivity contribution in [2.75, 3.05) is 38.8 Å². The Morgan fingerprint density at radius 3 is 2.58 bits per heavy atom. The molecule has 0 unspecified atom stereocenters. The number of hydrogen-bond donors (Lipinski definition) is 4. The first-order chi connectivity index (χ1) is 20.3. The van der Waals surface area contributed by atoms with Gasteiger partial charge in [-0.3, -0.25) is 14.5 Å². The highest BCUT2D eigenvalue weighted by Crippen LogP contribution is 2.21. The van der Waals surface area contributed by atoms with E-state index in [0.717, 1.165) is 29.8 Å². The number of alkyl halides is 3. The van der Waals surface area contributed by atoms with Gasteiger partial charge in [0, 0.05) is 37.6 Å². The van der Waals surface area contributed by atoms with Gasteiger partial charge < -0.3 is 30.2 Å². The maximum atomic E-state index is 13.0. The van der Waals surface area contributed by atoms with E-state index in [1.54, 1.807) is 19.6 Å². The number of methoxy groups -OCH3 is 1. The molecule has 2 aromatic rings. The SMILES string of the molecule is COc1cccc(CN(CC(=O)N[C@@H](CCSC)C(=O)O)C[C@@H]2CCCN2C(=O)Cc2cnc[nH]2)c1.O=C(O)C(F)(F)F. The van der Waals surface area contributed by atoms with Crippen molar-refractivity contribution in [3.05, 3.63) is 48.0 Å². The maximum Gasteiger partial charge on any atom is 0.490 e. The number of imidazole rings is 1. The number of ether oxygens (including phenoxy) is 1. The van der Waals surface area contributed by atoms with E-state index in [0.29, 0.717) is 31.8 Å². The fourth-order valence-electron chi connectivity index (χ4n) is 4.45. The molecule has 3 rings (SSSR count). The molecule has 0 aliphatic carbocycles. The molecule has 1 saturated heterocycles. The van der Waals surface area contributed by atoms with Crippen LogP contribution in [0, 0.1) is 0 Å². The molecule has 0 bridgehead atoms. The number of carbonyl (C=O) groups excluding carboxylic acids is 2. The van der Waals surface area contributed by atoms with Gasteiger partial charge in [-0.15, -0.1) is 0 Å². The molecule has 238 valence electrons. The summed E-state index contributed by atoms with van der Waals surface area (Å²) in [6, 6.07) is 6.66. The molecule has 0 saturated carbocycles. The van der Waals surface area contributed by atoms with E-state index in [9.17, 15) is 32.7 Å². The van der Waals surface area contributed by atoms with E-state index >= 15 is 0 Å². The number of benzene rings is 1. The third-order valence-corrected chi connectivity index (χ3v) is 7.10. The molecule has 16 heteroatoms. The van der Waals surface area contributed by atoms with Crippen molar-refractivity contribution in [1.29, 1.82) is 0 Å². The van der Waals surface area contributed by atoms with E-state index in [1.165, 1.54) is 11.8 Å². The molecule has 2 atom stereocenters. The number of aromatic nitrogens is 2. The molecular formula is C27H36F3N5O7S. The zero-order chi connectivity index (χ0) is 32.0. The standard InChI is InChI=1S/C25H35N5O5S.C2HF3O2/c1-35-21-7-3-5-18(11-21)14-29(16-23(31)28-22(25(33)34)8-10-36-2)15-20-6-4-9-30(20)24(32)12-19-13-26-17-27-19;3-2(4,5)1(6)7/h3,5,7,11,13,17,20,22H,4,6,8-10,12,14-16H2,1-2H3,(H,26,27)(H,28,31)(H,33,34);(H,6,7)/t20-,22-;/m0./s1. The smallest absolute Gasteiger partial charge is 0.490 e. The Labute approximate surface area is 251 Å². The Bertz CT molecular complexity index is 1200. The number of nitrogens with one attached hydrogen (secondary N) is 2. The van der Waals surface area contributed by atoms with Crippen LogP contribution in [0.5, 0.6) is 5.75 Å². The van der Waals surface area contributed by atoms with Crippen LogP contribution in [0.4, 0.5) is 13.2 Å². The van der Waals surface area contributed by atoms with Crippen molar-refractivity contribution < 1.29 is 47.3 Å². The molecule has 4 N–H and O–H groups in total. The number of H-pyrrole nitrogens is 1. The number of carboxylic acids is 2. The summed E-state index contributed by atoms with van der Waals surface area (Å²) >= 11 is 1.54. The van der Waals surface area contributed by atoms with Crippen molar-refractivity contribution >= 4 is 35.5 Å². The highest BCUT2D eigenvalue weighted by molar-refractivity contribution is 7.98. The van der Waals surface area contributed by atoms with Crippen LogP contribution in [0.25, 0.3) is 0 Å². The normalized spacial score (nSPS) is 15.4. The first-order valence-electron chi connectivity index (χ1n) is 13.3. The molecule has 1 aliphatic rings. The number of rotatable bonds is 14. The van der Waals surface area contributed by atoms with Crippen LogP contribution in [-0.2, 0) is 32.1 Å². The minimum atomic E-state index is -5.08. The minimum Gasteiger partial charge on any atom is -0.497 e. The molecule has 12 nitrogen and oxygen atoms in total. The van der Waals surface area contributed by atoms with E-state index in [2.05, 4.69) is 15.3 Å². The van der Waals surface area contributed by atoms with Crippen molar-refractivity contribution in [2.24, 2.45) is 0 Å². The molecule has 2 amide bonds. The average Bonchev–Trinajstić information content (AvgIpc) is 3.63. The summed E-state index contributed by atoms with van der Waals surface area (Å²) in [5.74, 6) is -2.76. The van der Waals surface area contributed by atoms with E-state index in [4.69, 9.17) is 14.6 Å². The third kappa shape index (κ3) is 12.5. The van der Waals surface area contributed by atoms with Gasteiger partial charge in [-0.2, -0.15) is 24.9 Å². The lowest BCUT2D eigenvalue weighted by molar-refractivity contribution is -0.192. The van der Waals surface area contributed by atoms with E-state index in [1.807, 2.05) is 40.3 Å². The van der Waals surface area contributed by atoms with Crippen LogP contribution < -0.4 is 10.1 Å². The van der Waals surface area contributed by atoms with Crippen LogP contribution >= 0.6 is 11.8 Å². The molecule has 43 heavy (non-hydrogen) atoms.